The van der Waals surface area contributed by atoms with Gasteiger partial charge < -0.3 is 9.88 Å². The van der Waals surface area contributed by atoms with Crippen LogP contribution in [0.4, 0.5) is 10.2 Å². The number of amides is 1. The van der Waals surface area contributed by atoms with Crippen LogP contribution in [0.15, 0.2) is 35.5 Å². The molecule has 0 saturated carbocycles. The predicted molar refractivity (Wildman–Crippen MR) is 103 cm³/mol. The average molecular weight is 421 g/mol. The summed E-state index contributed by atoms with van der Waals surface area (Å²) in [5.74, 6) is -0.178. The smallest absolute Gasteiger partial charge is 0.280 e. The molecule has 11 heteroatoms. The fourth-order valence-electron chi connectivity index (χ4n) is 3.47. The van der Waals surface area contributed by atoms with E-state index in [0.717, 1.165) is 12.6 Å². The van der Waals surface area contributed by atoms with Crippen molar-refractivity contribution in [3.05, 3.63) is 58.0 Å². The van der Waals surface area contributed by atoms with Crippen LogP contribution >= 0.6 is 11.6 Å². The van der Waals surface area contributed by atoms with Gasteiger partial charge in [0.15, 0.2) is 5.65 Å². The number of nitrogens with zero attached hydrogens (tertiary/aromatic N) is 4. The summed E-state index contributed by atoms with van der Waals surface area (Å²) in [6, 6.07) is 2.70. The molecule has 3 aromatic heterocycles. The van der Waals surface area contributed by atoms with Gasteiger partial charge in [0.2, 0.25) is 0 Å². The molecule has 1 atom stereocenters. The van der Waals surface area contributed by atoms with E-state index in [1.165, 1.54) is 16.8 Å². The maximum atomic E-state index is 13.7. The molecule has 3 aromatic rings. The van der Waals surface area contributed by atoms with Crippen molar-refractivity contribution < 1.29 is 14.0 Å². The number of aromatic amines is 1. The Bertz CT molecular complexity index is 1100. The third-order valence-corrected chi connectivity index (χ3v) is 4.90. The average Bonchev–Trinajstić information content (AvgIpc) is 3.36. The molecule has 1 aliphatic rings. The highest BCUT2D eigenvalue weighted by Gasteiger charge is 2.30. The van der Waals surface area contributed by atoms with Crippen molar-refractivity contribution in [3.8, 4) is 0 Å². The zero-order chi connectivity index (χ0) is 20.4. The number of aromatic nitrogens is 4. The highest BCUT2D eigenvalue weighted by Crippen LogP contribution is 2.34. The molecule has 1 saturated heterocycles. The van der Waals surface area contributed by atoms with Gasteiger partial charge in [-0.15, -0.1) is 11.6 Å². The van der Waals surface area contributed by atoms with Crippen molar-refractivity contribution in [2.45, 2.75) is 18.9 Å². The molecule has 152 valence electrons. The van der Waals surface area contributed by atoms with Crippen molar-refractivity contribution in [1.82, 2.24) is 25.1 Å². The number of hydrogen-bond donors (Lipinski definition) is 2. The van der Waals surface area contributed by atoms with E-state index in [4.69, 9.17) is 16.4 Å². The fraction of sp³-hybridized carbons (Fsp3) is 0.333. The Kier molecular flexibility index (Phi) is 5.45. The van der Waals surface area contributed by atoms with E-state index in [2.05, 4.69) is 20.5 Å². The number of halogens is 2. The highest BCUT2D eigenvalue weighted by atomic mass is 35.5. The number of nitrogens with one attached hydrogen (secondary N) is 2. The minimum atomic E-state index is -0.499. The van der Waals surface area contributed by atoms with Gasteiger partial charge in [-0.2, -0.15) is 5.10 Å². The minimum absolute atomic E-state index is 0.169. The Morgan fingerprint density at radius 2 is 2.34 bits per heavy atom. The van der Waals surface area contributed by atoms with Crippen molar-refractivity contribution in [2.24, 2.45) is 0 Å². The van der Waals surface area contributed by atoms with Crippen molar-refractivity contribution in [3.63, 3.8) is 0 Å². The zero-order valence-electron chi connectivity index (χ0n) is 15.3. The van der Waals surface area contributed by atoms with E-state index in [0.29, 0.717) is 30.0 Å². The lowest BCUT2D eigenvalue weighted by atomic mass is 10.1. The molecule has 0 bridgehead atoms. The van der Waals surface area contributed by atoms with Crippen LogP contribution in [0.1, 0.15) is 34.8 Å². The lowest BCUT2D eigenvalue weighted by molar-refractivity contribution is 0.0373. The first-order valence-corrected chi connectivity index (χ1v) is 9.59. The van der Waals surface area contributed by atoms with Crippen LogP contribution in [0.2, 0.25) is 0 Å². The van der Waals surface area contributed by atoms with Crippen LogP contribution in [-0.4, -0.2) is 44.5 Å². The summed E-state index contributed by atoms with van der Waals surface area (Å²) < 4.78 is 15.2. The predicted octanol–water partition coefficient (Wildman–Crippen LogP) is 1.80. The van der Waals surface area contributed by atoms with Gasteiger partial charge in [-0.1, -0.05) is 0 Å². The van der Waals surface area contributed by atoms with Gasteiger partial charge in [-0.3, -0.25) is 14.4 Å². The molecule has 1 aliphatic heterocycles. The molecule has 0 unspecified atom stereocenters. The molecule has 0 spiro atoms. The van der Waals surface area contributed by atoms with E-state index in [9.17, 15) is 14.0 Å². The van der Waals surface area contributed by atoms with Crippen LogP contribution in [0.5, 0.6) is 0 Å². The molecule has 0 aliphatic carbocycles. The second-order valence-electron chi connectivity index (χ2n) is 6.53. The lowest BCUT2D eigenvalue weighted by Crippen LogP contribution is -2.29. The van der Waals surface area contributed by atoms with Crippen LogP contribution in [-0.2, 0) is 4.84 Å². The zero-order valence-corrected chi connectivity index (χ0v) is 16.0. The maximum Gasteiger partial charge on any atom is 0.280 e. The summed E-state index contributed by atoms with van der Waals surface area (Å²) in [5, 5.41) is 4.13. The minimum Gasteiger partial charge on any atom is -0.349 e. The van der Waals surface area contributed by atoms with Crippen molar-refractivity contribution in [1.29, 1.82) is 0 Å². The molecule has 0 aromatic carbocycles. The third kappa shape index (κ3) is 3.81. The summed E-state index contributed by atoms with van der Waals surface area (Å²) >= 11 is 5.52. The normalized spacial score (nSPS) is 16.5. The molecule has 4 rings (SSSR count). The first kappa shape index (κ1) is 19.3. The topological polar surface area (TPSA) is 105 Å². The van der Waals surface area contributed by atoms with Gasteiger partial charge in [0, 0.05) is 30.4 Å². The number of rotatable bonds is 6. The molecule has 9 nitrogen and oxygen atoms in total. The first-order valence-electron chi connectivity index (χ1n) is 9.05. The van der Waals surface area contributed by atoms with Gasteiger partial charge in [0.05, 0.1) is 18.8 Å². The van der Waals surface area contributed by atoms with E-state index >= 15 is 0 Å². The number of hydroxylamine groups is 1. The molecular weight excluding hydrogens is 403 g/mol. The monoisotopic (exact) mass is 420 g/mol. The standard InChI is InChI=1S/C18H18ClFN6O3/c19-4-7-29-24-18(28)13-10-22-26-6-3-15(23-16(13)26)25-5-1-2-14(25)12-8-11(20)9-21-17(12)27/h3,6,8-10,14H,1-2,4-5,7H2,(H,21,27)(H,24,28)/t14-/m1/s1. The van der Waals surface area contributed by atoms with E-state index in [1.807, 2.05) is 4.90 Å². The number of anilines is 1. The molecule has 1 fully saturated rings. The summed E-state index contributed by atoms with van der Waals surface area (Å²) in [7, 11) is 0. The van der Waals surface area contributed by atoms with Crippen LogP contribution in [0.3, 0.4) is 0 Å². The van der Waals surface area contributed by atoms with Crippen LogP contribution in [0, 0.1) is 5.82 Å². The van der Waals surface area contributed by atoms with E-state index in [-0.39, 0.29) is 29.7 Å². The van der Waals surface area contributed by atoms with Crippen LogP contribution < -0.4 is 15.9 Å². The largest absolute Gasteiger partial charge is 0.349 e. The SMILES string of the molecule is O=C(NOCCCl)c1cnn2ccc(N3CCC[C@@H]3c3cc(F)c[nH]c3=O)nc12. The summed E-state index contributed by atoms with van der Waals surface area (Å²) in [6.45, 7) is 0.821. The number of hydrogen-bond acceptors (Lipinski definition) is 6. The molecule has 4 heterocycles. The van der Waals surface area contributed by atoms with Crippen molar-refractivity contribution in [2.75, 3.05) is 23.9 Å². The Morgan fingerprint density at radius 3 is 3.17 bits per heavy atom. The second kappa shape index (κ2) is 8.18. The Labute approximate surface area is 169 Å². The molecule has 0 radical (unpaired) electrons. The number of carbonyl (C=O) groups is 1. The summed E-state index contributed by atoms with van der Waals surface area (Å²) in [6.07, 6.45) is 5.63. The van der Waals surface area contributed by atoms with Gasteiger partial charge >= 0.3 is 0 Å². The molecule has 29 heavy (non-hydrogen) atoms. The van der Waals surface area contributed by atoms with Crippen LogP contribution in [0.25, 0.3) is 5.65 Å². The third-order valence-electron chi connectivity index (χ3n) is 4.75. The number of H-pyrrole nitrogens is 1. The van der Waals surface area contributed by atoms with Gasteiger partial charge in [-0.05, 0) is 25.0 Å². The first-order chi connectivity index (χ1) is 14.1. The number of carbonyl (C=O) groups excluding carboxylic acids is 1. The van der Waals surface area contributed by atoms with Gasteiger partial charge in [0.25, 0.3) is 11.5 Å². The number of fused-ring (bicyclic) bond motifs is 1. The fourth-order valence-corrected chi connectivity index (χ4v) is 3.55. The van der Waals surface area contributed by atoms with Crippen molar-refractivity contribution >= 4 is 29.0 Å². The Hall–Kier alpha value is -2.98. The van der Waals surface area contributed by atoms with Gasteiger partial charge in [0.1, 0.15) is 17.2 Å². The Morgan fingerprint density at radius 1 is 1.48 bits per heavy atom. The number of alkyl halides is 1. The molecule has 1 amide bonds. The van der Waals surface area contributed by atoms with E-state index < -0.39 is 11.7 Å². The lowest BCUT2D eigenvalue weighted by Gasteiger charge is -2.25. The summed E-state index contributed by atoms with van der Waals surface area (Å²) in [5.41, 5.74) is 2.90. The van der Waals surface area contributed by atoms with Gasteiger partial charge in [-0.25, -0.2) is 19.4 Å². The summed E-state index contributed by atoms with van der Waals surface area (Å²) in [4.78, 5) is 38.4. The quantitative estimate of drug-likeness (QED) is 0.358. The second-order valence-corrected chi connectivity index (χ2v) is 6.91. The molecule has 2 N–H and O–H groups in total. The van der Waals surface area contributed by atoms with E-state index in [1.54, 1.807) is 12.3 Å². The number of pyridine rings is 1. The maximum absolute atomic E-state index is 13.7. The highest BCUT2D eigenvalue weighted by molar-refractivity contribution is 6.18. The molecular formula is C18H18ClFN6O3. The Balaban J connectivity index is 1.66.